The van der Waals surface area contributed by atoms with E-state index >= 15 is 0 Å². The van der Waals surface area contributed by atoms with E-state index in [-0.39, 0.29) is 17.8 Å². The molecule has 2 aromatic carbocycles. The molecule has 3 unspecified atom stereocenters. The Bertz CT molecular complexity index is 751. The summed E-state index contributed by atoms with van der Waals surface area (Å²) < 4.78 is 18.7. The number of fused-ring (bicyclic) bond motifs is 1. The number of benzene rings is 2. The first-order valence-corrected chi connectivity index (χ1v) is 9.22. The smallest absolute Gasteiger partial charge is 0.407 e. The number of quaternary nitrogens is 1. The Hall–Kier alpha value is -2.40. The van der Waals surface area contributed by atoms with Gasteiger partial charge in [-0.3, -0.25) is 0 Å². The maximum atomic E-state index is 13.3. The van der Waals surface area contributed by atoms with Crippen molar-refractivity contribution in [2.24, 2.45) is 11.8 Å². The molecule has 0 bridgehead atoms. The lowest BCUT2D eigenvalue weighted by Crippen LogP contribution is -2.86. The van der Waals surface area contributed by atoms with E-state index < -0.39 is 6.09 Å². The quantitative estimate of drug-likeness (QED) is 0.864. The highest BCUT2D eigenvalue weighted by Crippen LogP contribution is 2.61. The summed E-state index contributed by atoms with van der Waals surface area (Å²) in [6.45, 7) is 2.97. The van der Waals surface area contributed by atoms with Crippen LogP contribution in [-0.2, 0) is 16.8 Å². The molecule has 2 aliphatic rings. The zero-order valence-corrected chi connectivity index (χ0v) is 14.7. The monoisotopic (exact) mass is 355 g/mol. The Morgan fingerprint density at radius 2 is 1.92 bits per heavy atom. The van der Waals surface area contributed by atoms with Gasteiger partial charge in [-0.25, -0.2) is 9.18 Å². The molecule has 1 amide bonds. The summed E-state index contributed by atoms with van der Waals surface area (Å²) >= 11 is 0. The molecule has 0 aromatic heterocycles. The molecule has 2 fully saturated rings. The van der Waals surface area contributed by atoms with Crippen molar-refractivity contribution < 1.29 is 19.2 Å². The first-order valence-electron chi connectivity index (χ1n) is 9.22. The van der Waals surface area contributed by atoms with Gasteiger partial charge in [-0.05, 0) is 29.2 Å². The average molecular weight is 355 g/mol. The van der Waals surface area contributed by atoms with Gasteiger partial charge in [-0.1, -0.05) is 42.5 Å². The van der Waals surface area contributed by atoms with E-state index in [9.17, 15) is 9.18 Å². The van der Waals surface area contributed by atoms with Gasteiger partial charge in [-0.2, -0.15) is 0 Å². The number of carbonyl (C=O) groups excluding carboxylic acids is 1. The van der Waals surface area contributed by atoms with Gasteiger partial charge in [0, 0.05) is 24.3 Å². The molecular weight excluding hydrogens is 331 g/mol. The molecule has 4 nitrogen and oxygen atoms in total. The number of alkyl carbamates (subject to hydrolysis) is 1. The zero-order chi connectivity index (χ0) is 18.0. The third-order valence-electron chi connectivity index (χ3n) is 5.92. The van der Waals surface area contributed by atoms with Crippen molar-refractivity contribution >= 4 is 6.09 Å². The number of carbonyl (C=O) groups is 1. The van der Waals surface area contributed by atoms with Gasteiger partial charge in [0.15, 0.2) is 0 Å². The summed E-state index contributed by atoms with van der Waals surface area (Å²) in [7, 11) is 0. The lowest BCUT2D eigenvalue weighted by atomic mass is 9.91. The highest BCUT2D eigenvalue weighted by atomic mass is 19.1. The molecule has 1 aliphatic carbocycles. The minimum atomic E-state index is -0.400. The Balaban J connectivity index is 1.41. The molecule has 3 atom stereocenters. The summed E-state index contributed by atoms with van der Waals surface area (Å²) in [6.07, 6.45) is 0.728. The van der Waals surface area contributed by atoms with Gasteiger partial charge in [0.25, 0.3) is 0 Å². The van der Waals surface area contributed by atoms with Crippen LogP contribution < -0.4 is 10.6 Å². The molecular formula is C21H24FN2O2+. The number of amides is 1. The molecule has 0 radical (unpaired) electrons. The molecule has 4 rings (SSSR count). The molecule has 1 saturated heterocycles. The maximum absolute atomic E-state index is 13.3. The van der Waals surface area contributed by atoms with Crippen molar-refractivity contribution in [2.75, 3.05) is 19.6 Å². The van der Waals surface area contributed by atoms with Crippen molar-refractivity contribution in [2.45, 2.75) is 18.4 Å². The van der Waals surface area contributed by atoms with Crippen LogP contribution in [0, 0.1) is 17.7 Å². The van der Waals surface area contributed by atoms with E-state index in [4.69, 9.17) is 4.74 Å². The number of hydrogen-bond acceptors (Lipinski definition) is 2. The van der Waals surface area contributed by atoms with E-state index in [0.717, 1.165) is 30.6 Å². The van der Waals surface area contributed by atoms with Crippen LogP contribution in [0.15, 0.2) is 54.6 Å². The highest BCUT2D eigenvalue weighted by molar-refractivity contribution is 5.67. The minimum absolute atomic E-state index is 0.0908. The molecule has 2 aromatic rings. The molecule has 1 aliphatic heterocycles. The molecule has 0 spiro atoms. The third-order valence-corrected chi connectivity index (χ3v) is 5.92. The van der Waals surface area contributed by atoms with Crippen LogP contribution in [0.4, 0.5) is 9.18 Å². The maximum Gasteiger partial charge on any atom is 0.407 e. The molecule has 3 N–H and O–H groups in total. The van der Waals surface area contributed by atoms with Gasteiger partial charge in [0.2, 0.25) is 0 Å². The second-order valence-electron chi connectivity index (χ2n) is 7.28. The van der Waals surface area contributed by atoms with Gasteiger partial charge in [0.05, 0.1) is 13.1 Å². The van der Waals surface area contributed by atoms with Crippen molar-refractivity contribution in [3.05, 3.63) is 71.5 Å². The Morgan fingerprint density at radius 1 is 1.15 bits per heavy atom. The van der Waals surface area contributed by atoms with Gasteiger partial charge >= 0.3 is 6.09 Å². The van der Waals surface area contributed by atoms with E-state index in [1.165, 1.54) is 12.1 Å². The molecule has 5 heteroatoms. The van der Waals surface area contributed by atoms with Crippen LogP contribution in [0.2, 0.25) is 0 Å². The Morgan fingerprint density at radius 3 is 2.62 bits per heavy atom. The minimum Gasteiger partial charge on any atom is -0.445 e. The van der Waals surface area contributed by atoms with Gasteiger partial charge in [-0.15, -0.1) is 0 Å². The fourth-order valence-electron chi connectivity index (χ4n) is 4.58. The van der Waals surface area contributed by atoms with E-state index in [1.807, 2.05) is 42.5 Å². The molecule has 136 valence electrons. The normalized spacial score (nSPS) is 26.7. The standard InChI is InChI=1S/C21H23FN2O2/c22-17-8-6-16(7-9-17)21(18-10-11-23-12-19(18)21)14-24-20(25)26-13-15-4-2-1-3-5-15/h1-9,18-19,23H,10-14H2,(H,24,25)/p+1. The van der Waals surface area contributed by atoms with Crippen molar-refractivity contribution in [1.82, 2.24) is 5.32 Å². The van der Waals surface area contributed by atoms with Crippen LogP contribution in [0.3, 0.4) is 0 Å². The number of rotatable bonds is 5. The Kier molecular flexibility index (Phi) is 4.64. The van der Waals surface area contributed by atoms with Gasteiger partial charge < -0.3 is 15.4 Å². The average Bonchev–Trinajstić information content (AvgIpc) is 3.35. The highest BCUT2D eigenvalue weighted by Gasteiger charge is 2.66. The summed E-state index contributed by atoms with van der Waals surface area (Å²) in [6, 6.07) is 16.4. The van der Waals surface area contributed by atoms with Crippen molar-refractivity contribution in [3.63, 3.8) is 0 Å². The van der Waals surface area contributed by atoms with Crippen LogP contribution in [0.25, 0.3) is 0 Å². The summed E-state index contributed by atoms with van der Waals surface area (Å²) in [5, 5.41) is 5.29. The van der Waals surface area contributed by atoms with Crippen LogP contribution in [-0.4, -0.2) is 25.7 Å². The number of ether oxygens (including phenoxy) is 1. The van der Waals surface area contributed by atoms with Crippen molar-refractivity contribution in [3.8, 4) is 0 Å². The molecule has 26 heavy (non-hydrogen) atoms. The third kappa shape index (κ3) is 3.19. The number of nitrogens with two attached hydrogens (primary N) is 1. The molecule has 1 heterocycles. The largest absolute Gasteiger partial charge is 0.445 e. The number of halogens is 1. The fraction of sp³-hybridized carbons (Fsp3) is 0.381. The van der Waals surface area contributed by atoms with E-state index in [2.05, 4.69) is 10.6 Å². The second-order valence-corrected chi connectivity index (χ2v) is 7.28. The summed E-state index contributed by atoms with van der Waals surface area (Å²) in [5.41, 5.74) is 1.99. The number of hydrogen-bond donors (Lipinski definition) is 2. The van der Waals surface area contributed by atoms with Crippen molar-refractivity contribution in [1.29, 1.82) is 0 Å². The van der Waals surface area contributed by atoms with E-state index in [1.54, 1.807) is 0 Å². The first-order chi connectivity index (χ1) is 12.7. The lowest BCUT2D eigenvalue weighted by Gasteiger charge is -2.19. The van der Waals surface area contributed by atoms with Crippen LogP contribution >= 0.6 is 0 Å². The predicted octanol–water partition coefficient (Wildman–Crippen LogP) is 2.20. The summed E-state index contributed by atoms with van der Waals surface area (Å²) in [4.78, 5) is 12.2. The van der Waals surface area contributed by atoms with Crippen LogP contribution in [0.1, 0.15) is 17.5 Å². The zero-order valence-electron chi connectivity index (χ0n) is 14.7. The lowest BCUT2D eigenvalue weighted by molar-refractivity contribution is -0.664. The van der Waals surface area contributed by atoms with E-state index in [0.29, 0.717) is 18.4 Å². The topological polar surface area (TPSA) is 54.9 Å². The second kappa shape index (κ2) is 7.08. The number of nitrogens with one attached hydrogen (secondary N) is 1. The number of piperidine rings is 1. The predicted molar refractivity (Wildman–Crippen MR) is 96.0 cm³/mol. The first kappa shape index (κ1) is 17.0. The van der Waals surface area contributed by atoms with Gasteiger partial charge in [0.1, 0.15) is 12.4 Å². The Labute approximate surface area is 152 Å². The molecule has 1 saturated carbocycles. The fourth-order valence-corrected chi connectivity index (χ4v) is 4.58. The van der Waals surface area contributed by atoms with Crippen LogP contribution in [0.5, 0.6) is 0 Å². The SMILES string of the molecule is O=C(NCC1(c2ccc(F)cc2)C2CC[NH2+]CC21)OCc1ccccc1. The summed E-state index contributed by atoms with van der Waals surface area (Å²) in [5.74, 6) is 0.845.